The zero-order valence-corrected chi connectivity index (χ0v) is 17.8. The van der Waals surface area contributed by atoms with Gasteiger partial charge in [0, 0.05) is 37.8 Å². The molecule has 0 radical (unpaired) electrons. The number of hydrogen-bond donors (Lipinski definition) is 1. The van der Waals surface area contributed by atoms with E-state index in [4.69, 9.17) is 24.7 Å². The Bertz CT molecular complexity index is 1080. The van der Waals surface area contributed by atoms with E-state index in [0.29, 0.717) is 6.54 Å². The summed E-state index contributed by atoms with van der Waals surface area (Å²) in [5.74, 6) is 1.35. The van der Waals surface area contributed by atoms with Gasteiger partial charge in [-0.05, 0) is 33.7 Å². The molecule has 0 amide bonds. The summed E-state index contributed by atoms with van der Waals surface area (Å²) >= 11 is 0. The minimum absolute atomic E-state index is 0.157. The predicted octanol–water partition coefficient (Wildman–Crippen LogP) is 5.05. The van der Waals surface area contributed by atoms with Gasteiger partial charge < -0.3 is 24.7 Å². The van der Waals surface area contributed by atoms with Gasteiger partial charge in [0.1, 0.15) is 11.5 Å². The van der Waals surface area contributed by atoms with Crippen LogP contribution in [-0.4, -0.2) is 34.4 Å². The molecular weight excluding hydrogens is 390 g/mol. The first-order valence-corrected chi connectivity index (χ1v) is 10.2. The van der Waals surface area contributed by atoms with Crippen molar-refractivity contribution in [2.45, 2.75) is 5.92 Å². The normalized spacial score (nSPS) is 11.4. The highest BCUT2D eigenvalue weighted by Crippen LogP contribution is 2.43. The molecule has 0 bridgehead atoms. The van der Waals surface area contributed by atoms with Crippen LogP contribution in [0.15, 0.2) is 72.8 Å². The number of hydrogen-bond acceptors (Lipinski definition) is 5. The fourth-order valence-electron chi connectivity index (χ4n) is 4.15. The van der Waals surface area contributed by atoms with Gasteiger partial charge in [-0.15, -0.1) is 0 Å². The smallest absolute Gasteiger partial charge is 0.188 e. The van der Waals surface area contributed by atoms with Gasteiger partial charge in [0.2, 0.25) is 0 Å². The van der Waals surface area contributed by atoms with E-state index in [2.05, 4.69) is 36.4 Å². The summed E-state index contributed by atoms with van der Waals surface area (Å²) in [7, 11) is 3.23. The average molecular weight is 418 g/mol. The van der Waals surface area contributed by atoms with E-state index < -0.39 is 0 Å². The molecule has 4 aromatic carbocycles. The van der Waals surface area contributed by atoms with Gasteiger partial charge in [-0.25, -0.2) is 0 Å². The van der Waals surface area contributed by atoms with Gasteiger partial charge in [-0.3, -0.25) is 0 Å². The van der Waals surface area contributed by atoms with E-state index in [1.54, 1.807) is 14.2 Å². The summed E-state index contributed by atoms with van der Waals surface area (Å²) in [5, 5.41) is 4.44. The monoisotopic (exact) mass is 417 g/mol. The molecule has 0 aliphatic carbocycles. The van der Waals surface area contributed by atoms with Crippen molar-refractivity contribution < 1.29 is 18.9 Å². The van der Waals surface area contributed by atoms with Crippen LogP contribution in [-0.2, 0) is 9.47 Å². The van der Waals surface area contributed by atoms with Crippen molar-refractivity contribution in [1.29, 1.82) is 0 Å². The lowest BCUT2D eigenvalue weighted by molar-refractivity contribution is 0.0495. The van der Waals surface area contributed by atoms with Gasteiger partial charge in [0.15, 0.2) is 13.6 Å². The molecule has 4 aromatic rings. The van der Waals surface area contributed by atoms with Gasteiger partial charge in [-0.2, -0.15) is 0 Å². The van der Waals surface area contributed by atoms with Gasteiger partial charge in [0.25, 0.3) is 0 Å². The molecule has 160 valence electrons. The molecule has 5 heteroatoms. The molecule has 0 saturated heterocycles. The minimum atomic E-state index is -0.157. The second-order valence-electron chi connectivity index (χ2n) is 7.29. The van der Waals surface area contributed by atoms with E-state index >= 15 is 0 Å². The van der Waals surface area contributed by atoms with Crippen molar-refractivity contribution in [3.63, 3.8) is 0 Å². The van der Waals surface area contributed by atoms with Crippen LogP contribution < -0.4 is 15.2 Å². The number of fused-ring (bicyclic) bond motifs is 2. The second-order valence-corrected chi connectivity index (χ2v) is 7.29. The largest absolute Gasteiger partial charge is 0.467 e. The zero-order valence-electron chi connectivity index (χ0n) is 17.8. The maximum atomic E-state index is 6.44. The molecule has 0 fully saturated rings. The lowest BCUT2D eigenvalue weighted by atomic mass is 9.84. The van der Waals surface area contributed by atoms with E-state index in [1.807, 2.05) is 36.4 Å². The van der Waals surface area contributed by atoms with Crippen molar-refractivity contribution in [1.82, 2.24) is 0 Å². The number of benzene rings is 4. The zero-order chi connectivity index (χ0) is 21.6. The molecular formula is C26H27NO4. The van der Waals surface area contributed by atoms with Crippen LogP contribution >= 0.6 is 0 Å². The third-order valence-electron chi connectivity index (χ3n) is 5.46. The number of nitrogens with two attached hydrogens (primary N) is 1. The molecule has 5 nitrogen and oxygen atoms in total. The molecule has 0 aromatic heterocycles. The molecule has 31 heavy (non-hydrogen) atoms. The van der Waals surface area contributed by atoms with Gasteiger partial charge in [-0.1, -0.05) is 60.7 Å². The second kappa shape index (κ2) is 9.79. The van der Waals surface area contributed by atoms with Crippen LogP contribution in [0.4, 0.5) is 0 Å². The Labute approximate surface area is 182 Å². The summed E-state index contributed by atoms with van der Waals surface area (Å²) in [4.78, 5) is 0. The Morgan fingerprint density at radius 1 is 0.645 bits per heavy atom. The highest BCUT2D eigenvalue weighted by molar-refractivity contribution is 5.92. The molecule has 0 spiro atoms. The number of rotatable bonds is 9. The van der Waals surface area contributed by atoms with Crippen molar-refractivity contribution in [3.05, 3.63) is 83.9 Å². The van der Waals surface area contributed by atoms with E-state index in [9.17, 15) is 0 Å². The fraction of sp³-hybridized carbons (Fsp3) is 0.231. The van der Waals surface area contributed by atoms with Crippen molar-refractivity contribution in [2.24, 2.45) is 5.73 Å². The topological polar surface area (TPSA) is 62.9 Å². The lowest BCUT2D eigenvalue weighted by Gasteiger charge is -2.25. The third-order valence-corrected chi connectivity index (χ3v) is 5.46. The predicted molar refractivity (Wildman–Crippen MR) is 124 cm³/mol. The number of methoxy groups -OCH3 is 2. The summed E-state index contributed by atoms with van der Waals surface area (Å²) in [6, 6.07) is 24.6. The van der Waals surface area contributed by atoms with Crippen LogP contribution in [0, 0.1) is 0 Å². The SMILES string of the molecule is COCOc1ccc2ccccc2c1C(CN)c1c(OCOC)ccc2ccccc12. The summed E-state index contributed by atoms with van der Waals surface area (Å²) in [6.45, 7) is 0.700. The molecule has 2 N–H and O–H groups in total. The third kappa shape index (κ3) is 4.21. The first-order valence-electron chi connectivity index (χ1n) is 10.2. The first-order chi connectivity index (χ1) is 15.3. The maximum Gasteiger partial charge on any atom is 0.188 e. The molecule has 0 aliphatic rings. The Kier molecular flexibility index (Phi) is 6.67. The average Bonchev–Trinajstić information content (AvgIpc) is 2.82. The first kappa shape index (κ1) is 21.1. The van der Waals surface area contributed by atoms with Crippen molar-refractivity contribution in [3.8, 4) is 11.5 Å². The molecule has 0 unspecified atom stereocenters. The summed E-state index contributed by atoms with van der Waals surface area (Å²) in [5.41, 5.74) is 8.49. The van der Waals surface area contributed by atoms with Crippen LogP contribution in [0.2, 0.25) is 0 Å². The highest BCUT2D eigenvalue weighted by atomic mass is 16.7. The minimum Gasteiger partial charge on any atom is -0.467 e. The van der Waals surface area contributed by atoms with Gasteiger partial charge in [0.05, 0.1) is 0 Å². The lowest BCUT2D eigenvalue weighted by Crippen LogP contribution is -2.18. The molecule has 4 rings (SSSR count). The summed E-state index contributed by atoms with van der Waals surface area (Å²) < 4.78 is 22.3. The quantitative estimate of drug-likeness (QED) is 0.386. The molecule has 0 atom stereocenters. The molecule has 0 aliphatic heterocycles. The van der Waals surface area contributed by atoms with Crippen LogP contribution in [0.5, 0.6) is 11.5 Å². The maximum absolute atomic E-state index is 6.44. The Hall–Kier alpha value is -3.12. The van der Waals surface area contributed by atoms with Crippen LogP contribution in [0.1, 0.15) is 17.0 Å². The fourth-order valence-corrected chi connectivity index (χ4v) is 4.15. The number of ether oxygens (including phenoxy) is 4. The molecule has 0 saturated carbocycles. The van der Waals surface area contributed by atoms with Gasteiger partial charge >= 0.3 is 0 Å². The Morgan fingerprint density at radius 3 is 1.52 bits per heavy atom. The Morgan fingerprint density at radius 2 is 1.10 bits per heavy atom. The standard InChI is InChI=1S/C26H27NO4/c1-28-16-30-23-13-11-18-7-3-5-9-20(18)25(23)22(15-27)26-21-10-6-4-8-19(21)12-14-24(26)31-17-29-2/h3-14,22H,15-17,27H2,1-2H3. The van der Waals surface area contributed by atoms with E-state index in [0.717, 1.165) is 44.2 Å². The van der Waals surface area contributed by atoms with Crippen LogP contribution in [0.3, 0.4) is 0 Å². The molecule has 0 heterocycles. The van der Waals surface area contributed by atoms with E-state index in [1.165, 1.54) is 0 Å². The van der Waals surface area contributed by atoms with Crippen molar-refractivity contribution >= 4 is 21.5 Å². The highest BCUT2D eigenvalue weighted by Gasteiger charge is 2.25. The van der Waals surface area contributed by atoms with Crippen LogP contribution in [0.25, 0.3) is 21.5 Å². The van der Waals surface area contributed by atoms with Crippen molar-refractivity contribution in [2.75, 3.05) is 34.4 Å². The summed E-state index contributed by atoms with van der Waals surface area (Å²) in [6.07, 6.45) is 0. The Balaban J connectivity index is 2.00. The van der Waals surface area contributed by atoms with E-state index in [-0.39, 0.29) is 19.5 Å².